The van der Waals surface area contributed by atoms with E-state index in [9.17, 15) is 4.79 Å². The van der Waals surface area contributed by atoms with Gasteiger partial charge >= 0.3 is 0 Å². The number of nitrogens with one attached hydrogen (secondary N) is 2. The molecule has 1 aromatic rings. The third-order valence-electron chi connectivity index (χ3n) is 2.84. The Morgan fingerprint density at radius 2 is 2.06 bits per heavy atom. The lowest BCUT2D eigenvalue weighted by Gasteiger charge is -2.27. The van der Waals surface area contributed by atoms with E-state index < -0.39 is 0 Å². The Balaban J connectivity index is 0.00000128. The lowest BCUT2D eigenvalue weighted by molar-refractivity contribution is 0.112. The van der Waals surface area contributed by atoms with Crippen molar-refractivity contribution in [3.05, 3.63) is 29.8 Å². The molecule has 0 saturated carbocycles. The van der Waals surface area contributed by atoms with Gasteiger partial charge in [-0.2, -0.15) is 0 Å². The van der Waals surface area contributed by atoms with Crippen molar-refractivity contribution in [2.24, 2.45) is 0 Å². The summed E-state index contributed by atoms with van der Waals surface area (Å²) in [6.07, 6.45) is 3.19. The second kappa shape index (κ2) is 5.32. The van der Waals surface area contributed by atoms with E-state index in [-0.39, 0.29) is 18.1 Å². The van der Waals surface area contributed by atoms with Crippen LogP contribution in [-0.2, 0) is 0 Å². The molecule has 1 heterocycles. The molecule has 0 aliphatic carbocycles. The van der Waals surface area contributed by atoms with Gasteiger partial charge in [0.2, 0.25) is 0 Å². The zero-order valence-corrected chi connectivity index (χ0v) is 10.1. The van der Waals surface area contributed by atoms with Gasteiger partial charge < -0.3 is 5.32 Å². The largest absolute Gasteiger partial charge is 0.367 e. The van der Waals surface area contributed by atoms with Crippen molar-refractivity contribution in [2.45, 2.75) is 25.4 Å². The lowest BCUT2D eigenvalue weighted by atomic mass is 10.1. The molecule has 1 atom stereocenters. The lowest BCUT2D eigenvalue weighted by Crippen LogP contribution is -2.44. The smallest absolute Gasteiger partial charge is 0.150 e. The van der Waals surface area contributed by atoms with E-state index in [2.05, 4.69) is 17.6 Å². The van der Waals surface area contributed by atoms with Crippen molar-refractivity contribution in [1.82, 2.24) is 5.32 Å². The van der Waals surface area contributed by atoms with Gasteiger partial charge in [0, 0.05) is 11.3 Å². The summed E-state index contributed by atoms with van der Waals surface area (Å²) in [6.45, 7) is 3.23. The normalized spacial score (nSPS) is 23.6. The van der Waals surface area contributed by atoms with Crippen LogP contribution < -0.4 is 10.6 Å². The summed E-state index contributed by atoms with van der Waals surface area (Å²) in [5.41, 5.74) is 1.77. The van der Waals surface area contributed by atoms with Crippen molar-refractivity contribution in [3.8, 4) is 0 Å². The fourth-order valence-corrected chi connectivity index (χ4v) is 1.96. The fourth-order valence-electron chi connectivity index (χ4n) is 1.96. The Hall–Kier alpha value is -1.06. The number of halogens is 1. The van der Waals surface area contributed by atoms with E-state index >= 15 is 0 Å². The van der Waals surface area contributed by atoms with Gasteiger partial charge in [0.15, 0.2) is 0 Å². The monoisotopic (exact) mass is 240 g/mol. The molecular formula is C12H17ClN2O. The average molecular weight is 241 g/mol. The standard InChI is InChI=1S/C12H16N2O.ClH/c1-12(7-2-8-13-12)14-11-5-3-10(9-15)4-6-11;/h3-6,9,13-14H,2,7-8H2,1H3;1H/t12-;/m0./s1. The predicted molar refractivity (Wildman–Crippen MR) is 68.3 cm³/mol. The predicted octanol–water partition coefficient (Wildman–Crippen LogP) is 2.43. The van der Waals surface area contributed by atoms with Crippen molar-refractivity contribution in [3.63, 3.8) is 0 Å². The highest BCUT2D eigenvalue weighted by Crippen LogP contribution is 2.21. The summed E-state index contributed by atoms with van der Waals surface area (Å²) in [5.74, 6) is 0. The molecular weight excluding hydrogens is 224 g/mol. The van der Waals surface area contributed by atoms with Crippen LogP contribution in [0.2, 0.25) is 0 Å². The summed E-state index contributed by atoms with van der Waals surface area (Å²) in [5, 5.41) is 6.87. The molecule has 2 N–H and O–H groups in total. The number of aldehydes is 1. The van der Waals surface area contributed by atoms with Crippen molar-refractivity contribution in [2.75, 3.05) is 11.9 Å². The SMILES string of the molecule is C[C@]1(Nc2ccc(C=O)cc2)CCCN1.Cl. The first-order chi connectivity index (χ1) is 7.22. The number of hydrogen-bond donors (Lipinski definition) is 2. The molecule has 0 bridgehead atoms. The Kier molecular flexibility index (Phi) is 4.33. The fraction of sp³-hybridized carbons (Fsp3) is 0.417. The number of anilines is 1. The van der Waals surface area contributed by atoms with Gasteiger partial charge in [-0.25, -0.2) is 0 Å². The highest BCUT2D eigenvalue weighted by Gasteiger charge is 2.27. The zero-order valence-electron chi connectivity index (χ0n) is 9.32. The third kappa shape index (κ3) is 2.97. The summed E-state index contributed by atoms with van der Waals surface area (Å²) in [7, 11) is 0. The van der Waals surface area contributed by atoms with Gasteiger partial charge in [-0.05, 0) is 50.6 Å². The van der Waals surface area contributed by atoms with E-state index in [4.69, 9.17) is 0 Å². The number of benzene rings is 1. The van der Waals surface area contributed by atoms with Crippen LogP contribution in [0.25, 0.3) is 0 Å². The first-order valence-electron chi connectivity index (χ1n) is 5.30. The molecule has 2 rings (SSSR count). The zero-order chi connectivity index (χ0) is 10.7. The first-order valence-corrected chi connectivity index (χ1v) is 5.30. The van der Waals surface area contributed by atoms with Gasteiger partial charge in [-0.15, -0.1) is 12.4 Å². The van der Waals surface area contributed by atoms with E-state index in [1.54, 1.807) is 0 Å². The molecule has 0 spiro atoms. The van der Waals surface area contributed by atoms with Gasteiger partial charge in [0.25, 0.3) is 0 Å². The average Bonchev–Trinajstić information content (AvgIpc) is 2.66. The minimum absolute atomic E-state index is 0. The number of hydrogen-bond acceptors (Lipinski definition) is 3. The molecule has 0 aromatic heterocycles. The quantitative estimate of drug-likeness (QED) is 0.798. The molecule has 1 aliphatic heterocycles. The summed E-state index contributed by atoms with van der Waals surface area (Å²) in [4.78, 5) is 10.5. The topological polar surface area (TPSA) is 41.1 Å². The van der Waals surface area contributed by atoms with Crippen LogP contribution in [0.1, 0.15) is 30.1 Å². The molecule has 16 heavy (non-hydrogen) atoms. The van der Waals surface area contributed by atoms with Crippen LogP contribution in [-0.4, -0.2) is 18.5 Å². The molecule has 3 nitrogen and oxygen atoms in total. The molecule has 0 radical (unpaired) electrons. The minimum Gasteiger partial charge on any atom is -0.367 e. The maximum atomic E-state index is 10.5. The van der Waals surface area contributed by atoms with Crippen molar-refractivity contribution in [1.29, 1.82) is 0 Å². The third-order valence-corrected chi connectivity index (χ3v) is 2.84. The van der Waals surface area contributed by atoms with Crippen LogP contribution >= 0.6 is 12.4 Å². The van der Waals surface area contributed by atoms with E-state index in [1.807, 2.05) is 24.3 Å². The Morgan fingerprint density at radius 1 is 1.38 bits per heavy atom. The van der Waals surface area contributed by atoms with Crippen LogP contribution in [0.3, 0.4) is 0 Å². The summed E-state index contributed by atoms with van der Waals surface area (Å²) < 4.78 is 0. The van der Waals surface area contributed by atoms with E-state index in [0.29, 0.717) is 5.56 Å². The van der Waals surface area contributed by atoms with Crippen molar-refractivity contribution >= 4 is 24.4 Å². The van der Waals surface area contributed by atoms with Gasteiger partial charge in [0.1, 0.15) is 6.29 Å². The maximum absolute atomic E-state index is 10.5. The van der Waals surface area contributed by atoms with E-state index in [1.165, 1.54) is 6.42 Å². The molecule has 1 aliphatic rings. The summed E-state index contributed by atoms with van der Waals surface area (Å²) >= 11 is 0. The first kappa shape index (κ1) is 13.0. The van der Waals surface area contributed by atoms with Gasteiger partial charge in [-0.1, -0.05) is 0 Å². The molecule has 0 amide bonds. The number of rotatable bonds is 3. The molecule has 1 aromatic carbocycles. The molecule has 4 heteroatoms. The number of carbonyl (C=O) groups is 1. The van der Waals surface area contributed by atoms with Gasteiger partial charge in [0.05, 0.1) is 5.66 Å². The maximum Gasteiger partial charge on any atom is 0.150 e. The van der Waals surface area contributed by atoms with Crippen molar-refractivity contribution < 1.29 is 4.79 Å². The Morgan fingerprint density at radius 3 is 2.56 bits per heavy atom. The van der Waals surface area contributed by atoms with Gasteiger partial charge in [-0.3, -0.25) is 10.1 Å². The summed E-state index contributed by atoms with van der Waals surface area (Å²) in [6, 6.07) is 7.53. The molecule has 1 saturated heterocycles. The number of carbonyl (C=O) groups excluding carboxylic acids is 1. The minimum atomic E-state index is 0. The highest BCUT2D eigenvalue weighted by molar-refractivity contribution is 5.85. The second-order valence-electron chi connectivity index (χ2n) is 4.23. The van der Waals surface area contributed by atoms with E-state index in [0.717, 1.165) is 24.9 Å². The molecule has 0 unspecified atom stereocenters. The van der Waals surface area contributed by atoms with Crippen LogP contribution in [0.15, 0.2) is 24.3 Å². The van der Waals surface area contributed by atoms with Crippen LogP contribution in [0.4, 0.5) is 5.69 Å². The molecule has 88 valence electrons. The highest BCUT2D eigenvalue weighted by atomic mass is 35.5. The Labute approximate surface area is 102 Å². The van der Waals surface area contributed by atoms with Crippen LogP contribution in [0.5, 0.6) is 0 Å². The molecule has 1 fully saturated rings. The Bertz CT molecular complexity index is 345. The second-order valence-corrected chi connectivity index (χ2v) is 4.23. The van der Waals surface area contributed by atoms with Crippen LogP contribution in [0, 0.1) is 0 Å².